The highest BCUT2D eigenvalue weighted by atomic mass is 35.5. The van der Waals surface area contributed by atoms with Crippen LogP contribution < -0.4 is 0 Å². The van der Waals surface area contributed by atoms with Crippen molar-refractivity contribution in [3.8, 4) is 0 Å². The van der Waals surface area contributed by atoms with Crippen molar-refractivity contribution in [3.63, 3.8) is 0 Å². The number of ether oxygens (including phenoxy) is 4. The maximum absolute atomic E-state index is 10.8. The number of carboxylic acid groups (broad SMARTS) is 1. The molecule has 228 valence electrons. The Kier molecular flexibility index (Phi) is 14.2. The van der Waals surface area contributed by atoms with E-state index in [0.717, 1.165) is 77.4 Å². The molecule has 3 aliphatic rings. The molecule has 2 aliphatic heterocycles. The lowest BCUT2D eigenvalue weighted by Gasteiger charge is -2.36. The predicted molar refractivity (Wildman–Crippen MR) is 160 cm³/mol. The number of halogens is 1. The predicted octanol–water partition coefficient (Wildman–Crippen LogP) is 8.19. The maximum Gasteiger partial charge on any atom is 0.303 e. The average molecular weight is 581 g/mol. The SMILES string of the molecule is CC(C)=CCC(C)(C)[C@@H](/C=C/[C@@H]1[C@@H](C/C=C\CCCC(=O)O)[C@H](Cl)C[C@H]1OC1CCCCO1)OC1CCCCO1. The molecule has 0 bridgehead atoms. The zero-order valence-corrected chi connectivity index (χ0v) is 26.0. The minimum atomic E-state index is -0.747. The van der Waals surface area contributed by atoms with Gasteiger partial charge in [0.2, 0.25) is 0 Å². The van der Waals surface area contributed by atoms with Gasteiger partial charge < -0.3 is 24.1 Å². The van der Waals surface area contributed by atoms with Gasteiger partial charge in [-0.3, -0.25) is 4.79 Å². The number of hydrogen-bond acceptors (Lipinski definition) is 5. The first-order chi connectivity index (χ1) is 19.2. The van der Waals surface area contributed by atoms with Gasteiger partial charge in [-0.05, 0) is 95.8 Å². The summed E-state index contributed by atoms with van der Waals surface area (Å²) in [6, 6.07) is 0. The normalized spacial score (nSPS) is 30.6. The van der Waals surface area contributed by atoms with Gasteiger partial charge in [0.05, 0.1) is 12.2 Å². The lowest BCUT2D eigenvalue weighted by atomic mass is 9.81. The Balaban J connectivity index is 1.78. The van der Waals surface area contributed by atoms with Gasteiger partial charge in [-0.15, -0.1) is 11.6 Å². The van der Waals surface area contributed by atoms with Crippen molar-refractivity contribution < 1.29 is 28.8 Å². The molecule has 40 heavy (non-hydrogen) atoms. The number of aliphatic carboxylic acids is 1. The molecule has 0 amide bonds. The molecule has 1 aliphatic carbocycles. The van der Waals surface area contributed by atoms with Gasteiger partial charge in [0.15, 0.2) is 12.6 Å². The summed E-state index contributed by atoms with van der Waals surface area (Å²) >= 11 is 6.99. The summed E-state index contributed by atoms with van der Waals surface area (Å²) in [6.07, 6.45) is 21.1. The number of unbranched alkanes of at least 4 members (excludes halogenated alkanes) is 1. The third-order valence-corrected chi connectivity index (χ3v) is 8.90. The van der Waals surface area contributed by atoms with E-state index in [0.29, 0.717) is 6.42 Å². The van der Waals surface area contributed by atoms with E-state index in [2.05, 4.69) is 58.1 Å². The smallest absolute Gasteiger partial charge is 0.303 e. The first kappa shape index (κ1) is 33.3. The zero-order chi connectivity index (χ0) is 29.0. The highest BCUT2D eigenvalue weighted by Gasteiger charge is 2.43. The van der Waals surface area contributed by atoms with E-state index in [1.165, 1.54) is 5.57 Å². The molecule has 0 aromatic rings. The van der Waals surface area contributed by atoms with Crippen molar-refractivity contribution in [1.82, 2.24) is 0 Å². The molecular weight excluding hydrogens is 528 g/mol. The lowest BCUT2D eigenvalue weighted by Crippen LogP contribution is -2.36. The second kappa shape index (κ2) is 17.1. The Bertz CT molecular complexity index is 836. The maximum atomic E-state index is 10.8. The molecule has 2 heterocycles. The van der Waals surface area contributed by atoms with Crippen molar-refractivity contribution >= 4 is 17.6 Å². The fraction of sp³-hybridized carbons (Fsp3) is 0.788. The lowest BCUT2D eigenvalue weighted by molar-refractivity contribution is -0.197. The van der Waals surface area contributed by atoms with Crippen LogP contribution in [0.25, 0.3) is 0 Å². The average Bonchev–Trinajstić information content (AvgIpc) is 3.21. The molecule has 2 unspecified atom stereocenters. The topological polar surface area (TPSA) is 74.2 Å². The summed E-state index contributed by atoms with van der Waals surface area (Å²) < 4.78 is 25.1. The molecule has 3 fully saturated rings. The number of hydrogen-bond donors (Lipinski definition) is 1. The molecule has 1 N–H and O–H groups in total. The fourth-order valence-electron chi connectivity index (χ4n) is 5.83. The summed E-state index contributed by atoms with van der Waals surface area (Å²) in [6.45, 7) is 10.3. The summed E-state index contributed by atoms with van der Waals surface area (Å²) in [5.41, 5.74) is 1.19. The summed E-state index contributed by atoms with van der Waals surface area (Å²) in [7, 11) is 0. The van der Waals surface area contributed by atoms with E-state index in [4.69, 9.17) is 35.7 Å². The monoisotopic (exact) mass is 580 g/mol. The summed E-state index contributed by atoms with van der Waals surface area (Å²) in [5, 5.41) is 8.90. The standard InChI is InChI=1S/C33H53ClO6/c1-24(2)19-20-33(3,4)29(40-32-16-10-12-22-38-32)18-17-26-25(13-7-5-6-8-14-30(35)36)27(34)23-28(26)39-31-15-9-11-21-37-31/h5,7,17-19,25-29,31-32H,6,8-16,20-23H2,1-4H3,(H,35,36)/b7-5-,18-17+/t25-,26-,27-,28-,29-,31?,32?/m1/s1. The minimum absolute atomic E-state index is 0.00774. The van der Waals surface area contributed by atoms with Gasteiger partial charge in [-0.25, -0.2) is 0 Å². The van der Waals surface area contributed by atoms with Crippen LogP contribution in [0, 0.1) is 17.3 Å². The van der Waals surface area contributed by atoms with Crippen molar-refractivity contribution in [2.75, 3.05) is 13.2 Å². The number of rotatable bonds is 15. The molecule has 0 aromatic heterocycles. The second-order valence-electron chi connectivity index (χ2n) is 12.7. The number of carboxylic acids is 1. The van der Waals surface area contributed by atoms with Crippen LogP contribution in [0.4, 0.5) is 0 Å². The Morgan fingerprint density at radius 3 is 2.40 bits per heavy atom. The first-order valence-corrected chi connectivity index (χ1v) is 16.0. The highest BCUT2D eigenvalue weighted by molar-refractivity contribution is 6.21. The molecule has 0 spiro atoms. The second-order valence-corrected chi connectivity index (χ2v) is 13.2. The van der Waals surface area contributed by atoms with Crippen LogP contribution >= 0.6 is 11.6 Å². The third kappa shape index (κ3) is 11.2. The third-order valence-electron chi connectivity index (χ3n) is 8.40. The summed E-state index contributed by atoms with van der Waals surface area (Å²) in [5.74, 6) is -0.396. The first-order valence-electron chi connectivity index (χ1n) is 15.5. The van der Waals surface area contributed by atoms with Gasteiger partial charge in [0, 0.05) is 30.9 Å². The van der Waals surface area contributed by atoms with Crippen LogP contribution in [0.5, 0.6) is 0 Å². The van der Waals surface area contributed by atoms with Crippen LogP contribution in [-0.2, 0) is 23.7 Å². The van der Waals surface area contributed by atoms with E-state index in [1.807, 2.05) is 0 Å². The number of allylic oxidation sites excluding steroid dienone is 4. The molecule has 6 nitrogen and oxygen atoms in total. The van der Waals surface area contributed by atoms with Crippen LogP contribution in [-0.4, -0.2) is 54.5 Å². The zero-order valence-electron chi connectivity index (χ0n) is 25.2. The molecule has 0 aromatic carbocycles. The van der Waals surface area contributed by atoms with E-state index >= 15 is 0 Å². The van der Waals surface area contributed by atoms with Crippen molar-refractivity contribution in [3.05, 3.63) is 36.0 Å². The largest absolute Gasteiger partial charge is 0.481 e. The van der Waals surface area contributed by atoms with Crippen molar-refractivity contribution in [2.24, 2.45) is 17.3 Å². The highest BCUT2D eigenvalue weighted by Crippen LogP contribution is 2.43. The van der Waals surface area contributed by atoms with Gasteiger partial charge in [-0.2, -0.15) is 0 Å². The van der Waals surface area contributed by atoms with Crippen molar-refractivity contribution in [1.29, 1.82) is 0 Å². The molecule has 3 rings (SSSR count). The Labute approximate surface area is 247 Å². The molecule has 7 atom stereocenters. The van der Waals surface area contributed by atoms with Gasteiger partial charge in [0.1, 0.15) is 0 Å². The Hall–Kier alpha value is -1.18. The Morgan fingerprint density at radius 2 is 1.77 bits per heavy atom. The van der Waals surface area contributed by atoms with Crippen LogP contribution in [0.15, 0.2) is 36.0 Å². The molecule has 1 saturated carbocycles. The molecule has 0 radical (unpaired) electrons. The van der Waals surface area contributed by atoms with E-state index in [-0.39, 0.29) is 53.8 Å². The van der Waals surface area contributed by atoms with Crippen LogP contribution in [0.1, 0.15) is 105 Å². The van der Waals surface area contributed by atoms with E-state index < -0.39 is 5.97 Å². The molecule has 7 heteroatoms. The number of alkyl halides is 1. The van der Waals surface area contributed by atoms with E-state index in [1.54, 1.807) is 0 Å². The quantitative estimate of drug-likeness (QED) is 0.119. The van der Waals surface area contributed by atoms with Crippen LogP contribution in [0.3, 0.4) is 0 Å². The molecular formula is C33H53ClO6. The Morgan fingerprint density at radius 1 is 1.07 bits per heavy atom. The van der Waals surface area contributed by atoms with Gasteiger partial charge >= 0.3 is 5.97 Å². The van der Waals surface area contributed by atoms with Crippen LogP contribution in [0.2, 0.25) is 0 Å². The fourth-order valence-corrected chi connectivity index (χ4v) is 6.28. The molecule has 2 saturated heterocycles. The van der Waals surface area contributed by atoms with Crippen molar-refractivity contribution in [2.45, 2.75) is 135 Å². The minimum Gasteiger partial charge on any atom is -0.481 e. The van der Waals surface area contributed by atoms with E-state index in [9.17, 15) is 4.79 Å². The number of carbonyl (C=O) groups is 1. The summed E-state index contributed by atoms with van der Waals surface area (Å²) in [4.78, 5) is 10.8. The van der Waals surface area contributed by atoms with Gasteiger partial charge in [-0.1, -0.05) is 49.8 Å². The van der Waals surface area contributed by atoms with Gasteiger partial charge in [0.25, 0.3) is 0 Å².